The molecule has 0 saturated carbocycles. The highest BCUT2D eigenvalue weighted by molar-refractivity contribution is 7.27. The number of hydrogen-bond donors (Lipinski definition) is 1. The summed E-state index contributed by atoms with van der Waals surface area (Å²) >= 11 is 1.76. The lowest BCUT2D eigenvalue weighted by atomic mass is 10.1. The molecule has 0 fully saturated rings. The van der Waals surface area contributed by atoms with E-state index in [0.29, 0.717) is 5.71 Å². The monoisotopic (exact) mass is 289 g/mol. The van der Waals surface area contributed by atoms with E-state index >= 15 is 0 Å². The molecule has 0 aliphatic carbocycles. The van der Waals surface area contributed by atoms with E-state index < -0.39 is 8.07 Å². The number of nitrogens with one attached hydrogen (secondary N) is 1. The minimum Gasteiger partial charge on any atom is -0.497 e. The van der Waals surface area contributed by atoms with Crippen LogP contribution in [0.5, 0.6) is 5.75 Å². The first kappa shape index (κ1) is 14.0. The zero-order chi connectivity index (χ0) is 14.0. The van der Waals surface area contributed by atoms with Gasteiger partial charge in [-0.3, -0.25) is 5.41 Å². The molecule has 1 aromatic heterocycles. The quantitative estimate of drug-likeness (QED) is 0.675. The number of methoxy groups -OCH3 is 1. The first-order valence-corrected chi connectivity index (χ1v) is 10.6. The fraction of sp³-hybridized carbons (Fsp3) is 0.267. The summed E-state index contributed by atoms with van der Waals surface area (Å²) in [6.07, 6.45) is 0. The van der Waals surface area contributed by atoms with Gasteiger partial charge in [0.1, 0.15) is 5.75 Å². The lowest BCUT2D eigenvalue weighted by molar-refractivity contribution is 0.415. The van der Waals surface area contributed by atoms with E-state index in [1.54, 1.807) is 18.4 Å². The Morgan fingerprint density at radius 3 is 2.16 bits per heavy atom. The van der Waals surface area contributed by atoms with Crippen LogP contribution in [-0.4, -0.2) is 20.9 Å². The van der Waals surface area contributed by atoms with Crippen LogP contribution in [0.2, 0.25) is 19.6 Å². The van der Waals surface area contributed by atoms with E-state index in [1.807, 2.05) is 24.3 Å². The number of hydrogen-bond acceptors (Lipinski definition) is 3. The Hall–Kier alpha value is -1.39. The molecule has 4 heteroatoms. The lowest BCUT2D eigenvalue weighted by Crippen LogP contribution is -2.34. The van der Waals surface area contributed by atoms with Gasteiger partial charge in [0.25, 0.3) is 0 Å². The first-order chi connectivity index (χ1) is 8.91. The van der Waals surface area contributed by atoms with Gasteiger partial charge in [-0.25, -0.2) is 0 Å². The van der Waals surface area contributed by atoms with Gasteiger partial charge in [0, 0.05) is 5.56 Å². The fourth-order valence-corrected chi connectivity index (χ4v) is 4.64. The van der Waals surface area contributed by atoms with Crippen LogP contribution in [-0.2, 0) is 0 Å². The van der Waals surface area contributed by atoms with Crippen LogP contribution in [0.1, 0.15) is 10.4 Å². The van der Waals surface area contributed by atoms with E-state index in [0.717, 1.165) is 16.2 Å². The van der Waals surface area contributed by atoms with E-state index in [2.05, 4.69) is 31.8 Å². The minimum absolute atomic E-state index is 0.595. The van der Waals surface area contributed by atoms with E-state index in [9.17, 15) is 0 Å². The molecule has 0 bridgehead atoms. The number of rotatable bonds is 4. The lowest BCUT2D eigenvalue weighted by Gasteiger charge is -2.12. The van der Waals surface area contributed by atoms with Crippen molar-refractivity contribution in [3.8, 4) is 5.75 Å². The maximum Gasteiger partial charge on any atom is 0.118 e. The zero-order valence-electron chi connectivity index (χ0n) is 11.8. The van der Waals surface area contributed by atoms with Crippen LogP contribution >= 0.6 is 11.3 Å². The van der Waals surface area contributed by atoms with Gasteiger partial charge in [0.15, 0.2) is 0 Å². The van der Waals surface area contributed by atoms with E-state index in [4.69, 9.17) is 10.1 Å². The molecule has 0 amide bonds. The Labute approximate surface area is 119 Å². The number of benzene rings is 1. The molecule has 0 spiro atoms. The average Bonchev–Trinajstić information content (AvgIpc) is 2.87. The Morgan fingerprint density at radius 2 is 1.68 bits per heavy atom. The van der Waals surface area contributed by atoms with Crippen molar-refractivity contribution in [3.05, 3.63) is 46.8 Å². The molecular formula is C15H19NOSSi. The molecule has 1 heterocycles. The maximum absolute atomic E-state index is 8.30. The van der Waals surface area contributed by atoms with Crippen LogP contribution in [0.15, 0.2) is 36.4 Å². The van der Waals surface area contributed by atoms with Crippen LogP contribution in [0.4, 0.5) is 0 Å². The largest absolute Gasteiger partial charge is 0.497 e. The third-order valence-electron chi connectivity index (χ3n) is 2.97. The summed E-state index contributed by atoms with van der Waals surface area (Å²) in [7, 11) is 0.380. The van der Waals surface area contributed by atoms with Crippen molar-refractivity contribution >= 4 is 29.6 Å². The maximum atomic E-state index is 8.30. The predicted molar refractivity (Wildman–Crippen MR) is 86.2 cm³/mol. The standard InChI is InChI=1S/C15H19NOSSi/c1-17-12-7-5-11(6-8-12)15(16)13-9-10-14(18-13)19(2,3)4/h5-10,16H,1-4H3. The third-order valence-corrected chi connectivity index (χ3v) is 7.67. The molecule has 1 N–H and O–H groups in total. The van der Waals surface area contributed by atoms with Gasteiger partial charge < -0.3 is 4.74 Å². The fourth-order valence-electron chi connectivity index (χ4n) is 1.78. The first-order valence-electron chi connectivity index (χ1n) is 6.25. The van der Waals surface area contributed by atoms with E-state index in [-0.39, 0.29) is 0 Å². The highest BCUT2D eigenvalue weighted by atomic mass is 32.1. The summed E-state index contributed by atoms with van der Waals surface area (Å²) in [5.41, 5.74) is 1.53. The van der Waals surface area contributed by atoms with Crippen molar-refractivity contribution in [1.29, 1.82) is 5.41 Å². The van der Waals surface area contributed by atoms with Gasteiger partial charge in [0.05, 0.1) is 25.8 Å². The number of thiophene rings is 1. The normalized spacial score (nSPS) is 11.4. The molecule has 19 heavy (non-hydrogen) atoms. The van der Waals surface area contributed by atoms with Crippen molar-refractivity contribution in [2.75, 3.05) is 7.11 Å². The van der Waals surface area contributed by atoms with Crippen molar-refractivity contribution in [2.45, 2.75) is 19.6 Å². The summed E-state index contributed by atoms with van der Waals surface area (Å²) in [6.45, 7) is 7.00. The number of ether oxygens (including phenoxy) is 1. The second-order valence-corrected chi connectivity index (χ2v) is 12.0. The topological polar surface area (TPSA) is 33.1 Å². The smallest absolute Gasteiger partial charge is 0.118 e. The molecule has 2 rings (SSSR count). The summed E-state index contributed by atoms with van der Waals surface area (Å²) < 4.78 is 6.59. The highest BCUT2D eigenvalue weighted by Gasteiger charge is 2.19. The molecule has 0 unspecified atom stereocenters. The van der Waals surface area contributed by atoms with Crippen LogP contribution < -0.4 is 9.24 Å². The highest BCUT2D eigenvalue weighted by Crippen LogP contribution is 2.19. The Kier molecular flexibility index (Phi) is 3.92. The second-order valence-electron chi connectivity index (χ2n) is 5.52. The van der Waals surface area contributed by atoms with Crippen molar-refractivity contribution < 1.29 is 4.74 Å². The minimum atomic E-state index is -1.27. The Balaban J connectivity index is 2.26. The molecule has 0 radical (unpaired) electrons. The van der Waals surface area contributed by atoms with Crippen molar-refractivity contribution in [3.63, 3.8) is 0 Å². The molecule has 100 valence electrons. The van der Waals surface area contributed by atoms with Crippen LogP contribution in [0, 0.1) is 5.41 Å². The van der Waals surface area contributed by atoms with Crippen molar-refractivity contribution in [2.24, 2.45) is 0 Å². The third kappa shape index (κ3) is 3.14. The summed E-state index contributed by atoms with van der Waals surface area (Å²) in [6, 6.07) is 11.9. The molecule has 0 atom stereocenters. The molecule has 2 aromatic rings. The molecule has 0 saturated heterocycles. The Morgan fingerprint density at radius 1 is 1.05 bits per heavy atom. The molecule has 0 aliphatic rings. The zero-order valence-corrected chi connectivity index (χ0v) is 13.6. The molecule has 2 nitrogen and oxygen atoms in total. The SMILES string of the molecule is COc1ccc(C(=N)c2ccc([Si](C)(C)C)s2)cc1. The van der Waals surface area contributed by atoms with Gasteiger partial charge in [-0.05, 0) is 34.8 Å². The second kappa shape index (κ2) is 5.31. The van der Waals surface area contributed by atoms with Gasteiger partial charge in [-0.15, -0.1) is 11.3 Å². The van der Waals surface area contributed by atoms with Gasteiger partial charge in [-0.2, -0.15) is 0 Å². The average molecular weight is 289 g/mol. The van der Waals surface area contributed by atoms with Crippen molar-refractivity contribution in [1.82, 2.24) is 0 Å². The molecular weight excluding hydrogens is 270 g/mol. The summed E-state index contributed by atoms with van der Waals surface area (Å²) in [5, 5.41) is 8.30. The summed E-state index contributed by atoms with van der Waals surface area (Å²) in [4.78, 5) is 1.04. The Bertz CT molecular complexity index is 581. The summed E-state index contributed by atoms with van der Waals surface area (Å²) in [5.74, 6) is 0.825. The van der Waals surface area contributed by atoms with Crippen LogP contribution in [0.25, 0.3) is 0 Å². The predicted octanol–water partition coefficient (Wildman–Crippen LogP) is 3.72. The van der Waals surface area contributed by atoms with Gasteiger partial charge in [0.2, 0.25) is 0 Å². The molecule has 0 aliphatic heterocycles. The molecule has 1 aromatic carbocycles. The van der Waals surface area contributed by atoms with Crippen LogP contribution in [0.3, 0.4) is 0 Å². The van der Waals surface area contributed by atoms with Gasteiger partial charge in [-0.1, -0.05) is 25.7 Å². The van der Waals surface area contributed by atoms with Gasteiger partial charge >= 0.3 is 0 Å². The van der Waals surface area contributed by atoms with E-state index in [1.165, 1.54) is 4.50 Å².